The summed E-state index contributed by atoms with van der Waals surface area (Å²) in [5.74, 6) is -0.542. The summed E-state index contributed by atoms with van der Waals surface area (Å²) >= 11 is 0. The maximum atomic E-state index is 12.2. The van der Waals surface area contributed by atoms with Gasteiger partial charge >= 0.3 is 5.97 Å². The molecule has 5 nitrogen and oxygen atoms in total. The first-order valence-corrected chi connectivity index (χ1v) is 9.27. The Morgan fingerprint density at radius 3 is 2.62 bits per heavy atom. The molecule has 0 saturated heterocycles. The van der Waals surface area contributed by atoms with Crippen LogP contribution in [0.5, 0.6) is 0 Å². The molecule has 2 aromatic rings. The van der Waals surface area contributed by atoms with Crippen molar-refractivity contribution in [2.45, 2.75) is 37.3 Å². The predicted octanol–water partition coefficient (Wildman–Crippen LogP) is 2.79. The molecular formula is C18H19NO4S. The molecule has 0 aliphatic heterocycles. The molecule has 0 unspecified atom stereocenters. The van der Waals surface area contributed by atoms with Gasteiger partial charge in [0.2, 0.25) is 10.0 Å². The zero-order valence-electron chi connectivity index (χ0n) is 13.4. The van der Waals surface area contributed by atoms with Gasteiger partial charge in [-0.3, -0.25) is 0 Å². The lowest BCUT2D eigenvalue weighted by atomic mass is 10.1. The van der Waals surface area contributed by atoms with Crippen LogP contribution in [0.3, 0.4) is 0 Å². The van der Waals surface area contributed by atoms with Crippen LogP contribution in [-0.2, 0) is 21.4 Å². The van der Waals surface area contributed by atoms with Crippen molar-refractivity contribution in [1.82, 2.24) is 4.72 Å². The number of carbonyl (C=O) groups excluding carboxylic acids is 1. The highest BCUT2D eigenvalue weighted by atomic mass is 32.2. The third-order valence-corrected chi connectivity index (χ3v) is 5.25. The lowest BCUT2D eigenvalue weighted by Gasteiger charge is -2.08. The number of ether oxygens (including phenoxy) is 1. The lowest BCUT2D eigenvalue weighted by molar-refractivity contribution is 0.0472. The van der Waals surface area contributed by atoms with E-state index in [1.165, 1.54) is 12.1 Å². The Hall–Kier alpha value is -2.18. The highest BCUT2D eigenvalue weighted by Crippen LogP contribution is 2.22. The number of nitrogens with one attached hydrogen (secondary N) is 1. The monoisotopic (exact) mass is 345 g/mol. The van der Waals surface area contributed by atoms with E-state index < -0.39 is 16.0 Å². The van der Waals surface area contributed by atoms with Gasteiger partial charge in [0.1, 0.15) is 6.61 Å². The van der Waals surface area contributed by atoms with Crippen LogP contribution in [0.25, 0.3) is 0 Å². The molecule has 1 N–H and O–H groups in total. The van der Waals surface area contributed by atoms with Crippen molar-refractivity contribution >= 4 is 16.0 Å². The third-order valence-electron chi connectivity index (χ3n) is 3.73. The summed E-state index contributed by atoms with van der Waals surface area (Å²) in [6, 6.07) is 13.6. The average molecular weight is 345 g/mol. The third kappa shape index (κ3) is 4.21. The largest absolute Gasteiger partial charge is 0.457 e. The summed E-state index contributed by atoms with van der Waals surface area (Å²) in [5, 5.41) is 0. The second-order valence-corrected chi connectivity index (χ2v) is 7.70. The molecule has 24 heavy (non-hydrogen) atoms. The molecule has 3 rings (SSSR count). The SMILES string of the molecule is Cc1cccc(COC(=O)c2cccc(S(=O)(=O)NC3CC3)c2)c1. The van der Waals surface area contributed by atoms with Crippen LogP contribution in [0.4, 0.5) is 0 Å². The van der Waals surface area contributed by atoms with Crippen LogP contribution in [-0.4, -0.2) is 20.4 Å². The minimum Gasteiger partial charge on any atom is -0.457 e. The van der Waals surface area contributed by atoms with Crippen molar-refractivity contribution in [3.05, 3.63) is 65.2 Å². The van der Waals surface area contributed by atoms with E-state index in [0.717, 1.165) is 24.0 Å². The molecule has 1 saturated carbocycles. The number of carbonyl (C=O) groups is 1. The van der Waals surface area contributed by atoms with Gasteiger partial charge in [0.05, 0.1) is 10.5 Å². The fourth-order valence-corrected chi connectivity index (χ4v) is 3.66. The summed E-state index contributed by atoms with van der Waals surface area (Å²) in [7, 11) is -3.58. The van der Waals surface area contributed by atoms with Gasteiger partial charge in [0.25, 0.3) is 0 Å². The van der Waals surface area contributed by atoms with Crippen molar-refractivity contribution in [1.29, 1.82) is 0 Å². The van der Waals surface area contributed by atoms with Gasteiger partial charge in [-0.25, -0.2) is 17.9 Å². The first-order valence-electron chi connectivity index (χ1n) is 7.79. The number of esters is 1. The normalized spacial score (nSPS) is 14.4. The number of benzene rings is 2. The fourth-order valence-electron chi connectivity index (χ4n) is 2.31. The molecule has 0 spiro atoms. The molecule has 0 atom stereocenters. The minimum atomic E-state index is -3.58. The van der Waals surface area contributed by atoms with Crippen molar-refractivity contribution in [3.8, 4) is 0 Å². The number of aryl methyl sites for hydroxylation is 1. The molecule has 1 aliphatic rings. The summed E-state index contributed by atoms with van der Waals surface area (Å²) in [6.45, 7) is 2.12. The van der Waals surface area contributed by atoms with Gasteiger partial charge < -0.3 is 4.74 Å². The number of hydrogen-bond donors (Lipinski definition) is 1. The van der Waals surface area contributed by atoms with Gasteiger partial charge in [-0.05, 0) is 43.5 Å². The Labute approximate surface area is 141 Å². The molecule has 0 amide bonds. The zero-order chi connectivity index (χ0) is 17.2. The maximum absolute atomic E-state index is 12.2. The second-order valence-electron chi connectivity index (χ2n) is 5.99. The molecule has 1 aliphatic carbocycles. The summed E-state index contributed by atoms with van der Waals surface area (Å²) in [5.41, 5.74) is 2.20. The van der Waals surface area contributed by atoms with E-state index in [4.69, 9.17) is 4.74 Å². The number of rotatable bonds is 6. The van der Waals surface area contributed by atoms with E-state index in [-0.39, 0.29) is 23.1 Å². The second kappa shape index (κ2) is 6.75. The summed E-state index contributed by atoms with van der Waals surface area (Å²) < 4.78 is 32.3. The Morgan fingerprint density at radius 1 is 1.17 bits per heavy atom. The summed E-state index contributed by atoms with van der Waals surface area (Å²) in [6.07, 6.45) is 1.72. The van der Waals surface area contributed by atoms with Gasteiger partial charge in [0, 0.05) is 6.04 Å². The van der Waals surface area contributed by atoms with Crippen molar-refractivity contribution in [3.63, 3.8) is 0 Å². The van der Waals surface area contributed by atoms with Crippen molar-refractivity contribution in [2.75, 3.05) is 0 Å². The number of sulfonamides is 1. The van der Waals surface area contributed by atoms with Gasteiger partial charge in [-0.15, -0.1) is 0 Å². The van der Waals surface area contributed by atoms with Crippen molar-refractivity contribution in [2.24, 2.45) is 0 Å². The number of hydrogen-bond acceptors (Lipinski definition) is 4. The molecule has 0 heterocycles. The van der Waals surface area contributed by atoms with E-state index in [1.807, 2.05) is 31.2 Å². The van der Waals surface area contributed by atoms with E-state index >= 15 is 0 Å². The van der Waals surface area contributed by atoms with E-state index in [0.29, 0.717) is 0 Å². The van der Waals surface area contributed by atoms with Crippen LogP contribution < -0.4 is 4.72 Å². The van der Waals surface area contributed by atoms with Crippen LogP contribution in [0.1, 0.15) is 34.3 Å². The van der Waals surface area contributed by atoms with Crippen LogP contribution in [0, 0.1) is 6.92 Å². The molecule has 0 radical (unpaired) electrons. The molecule has 2 aromatic carbocycles. The molecular weight excluding hydrogens is 326 g/mol. The van der Waals surface area contributed by atoms with Gasteiger partial charge in [0.15, 0.2) is 0 Å². The van der Waals surface area contributed by atoms with Crippen molar-refractivity contribution < 1.29 is 17.9 Å². The average Bonchev–Trinajstić information content (AvgIpc) is 3.36. The lowest BCUT2D eigenvalue weighted by Crippen LogP contribution is -2.25. The first-order chi connectivity index (χ1) is 11.4. The van der Waals surface area contributed by atoms with Crippen LogP contribution >= 0.6 is 0 Å². The highest BCUT2D eigenvalue weighted by Gasteiger charge is 2.28. The molecule has 6 heteroatoms. The molecule has 126 valence electrons. The standard InChI is InChI=1S/C18H19NO4S/c1-13-4-2-5-14(10-13)12-23-18(20)15-6-3-7-17(11-15)24(21,22)19-16-8-9-16/h2-7,10-11,16,19H,8-9,12H2,1H3. The summed E-state index contributed by atoms with van der Waals surface area (Å²) in [4.78, 5) is 12.3. The Bertz CT molecular complexity index is 857. The van der Waals surface area contributed by atoms with E-state index in [9.17, 15) is 13.2 Å². The molecule has 0 aromatic heterocycles. The first kappa shape index (κ1) is 16.7. The Balaban J connectivity index is 1.70. The van der Waals surface area contributed by atoms with E-state index in [1.54, 1.807) is 12.1 Å². The predicted molar refractivity (Wildman–Crippen MR) is 90.1 cm³/mol. The van der Waals surface area contributed by atoms with Crippen LogP contribution in [0.2, 0.25) is 0 Å². The smallest absolute Gasteiger partial charge is 0.338 e. The van der Waals surface area contributed by atoms with E-state index in [2.05, 4.69) is 4.72 Å². The Kier molecular flexibility index (Phi) is 4.69. The minimum absolute atomic E-state index is 0.0203. The fraction of sp³-hybridized carbons (Fsp3) is 0.278. The highest BCUT2D eigenvalue weighted by molar-refractivity contribution is 7.89. The quantitative estimate of drug-likeness (QED) is 0.817. The van der Waals surface area contributed by atoms with Gasteiger partial charge in [-0.1, -0.05) is 35.9 Å². The van der Waals surface area contributed by atoms with Crippen LogP contribution in [0.15, 0.2) is 53.4 Å². The maximum Gasteiger partial charge on any atom is 0.338 e. The topological polar surface area (TPSA) is 72.5 Å². The Morgan fingerprint density at radius 2 is 1.92 bits per heavy atom. The molecule has 1 fully saturated rings. The van der Waals surface area contributed by atoms with Gasteiger partial charge in [-0.2, -0.15) is 0 Å². The zero-order valence-corrected chi connectivity index (χ0v) is 14.2. The molecule has 0 bridgehead atoms.